The Morgan fingerprint density at radius 2 is 1.46 bits per heavy atom. The van der Waals surface area contributed by atoms with Crippen LogP contribution < -0.4 is 19.3 Å². The number of hydrogen-bond donors (Lipinski definition) is 0. The minimum atomic E-state index is -0.0600. The lowest BCUT2D eigenvalue weighted by Gasteiger charge is -2.25. The van der Waals surface area contributed by atoms with Gasteiger partial charge < -0.3 is 19.3 Å². The van der Waals surface area contributed by atoms with Gasteiger partial charge in [-0.15, -0.1) is 12.4 Å². The van der Waals surface area contributed by atoms with Gasteiger partial charge in [0.05, 0.1) is 14.2 Å². The highest BCUT2D eigenvalue weighted by Gasteiger charge is 2.24. The lowest BCUT2D eigenvalue weighted by molar-refractivity contribution is 0.0984. The van der Waals surface area contributed by atoms with E-state index in [1.54, 1.807) is 19.1 Å². The average Bonchev–Trinajstić information content (AvgIpc) is 3.32. The molecule has 1 aromatic heterocycles. The first-order chi connectivity index (χ1) is 16.5. The van der Waals surface area contributed by atoms with Gasteiger partial charge in [0.2, 0.25) is 0 Å². The molecular weight excluding hydrogens is 484 g/mol. The van der Waals surface area contributed by atoms with Crippen molar-refractivity contribution in [2.45, 2.75) is 27.7 Å². The molecule has 0 aliphatic rings. The van der Waals surface area contributed by atoms with Gasteiger partial charge >= 0.3 is 0 Å². The molecule has 2 aromatic carbocycles. The van der Waals surface area contributed by atoms with Gasteiger partial charge in [0, 0.05) is 37.4 Å². The van der Waals surface area contributed by atoms with E-state index >= 15 is 0 Å². The Kier molecular flexibility index (Phi) is 11.1. The molecule has 0 saturated heterocycles. The number of amides is 1. The van der Waals surface area contributed by atoms with Crippen molar-refractivity contribution in [2.24, 2.45) is 0 Å². The van der Waals surface area contributed by atoms with Crippen LogP contribution in [0.4, 0.5) is 10.8 Å². The van der Waals surface area contributed by atoms with Crippen LogP contribution in [-0.2, 0) is 0 Å². The van der Waals surface area contributed by atoms with Crippen molar-refractivity contribution in [2.75, 3.05) is 63.3 Å². The molecule has 0 radical (unpaired) electrons. The molecule has 192 valence electrons. The van der Waals surface area contributed by atoms with Crippen molar-refractivity contribution >= 4 is 50.7 Å². The van der Waals surface area contributed by atoms with Crippen molar-refractivity contribution in [1.29, 1.82) is 0 Å². The van der Waals surface area contributed by atoms with Gasteiger partial charge in [0.1, 0.15) is 21.7 Å². The molecule has 1 amide bonds. The number of rotatable bonds is 12. The molecule has 1 heterocycles. The number of nitrogens with zero attached hydrogens (tertiary/aromatic N) is 4. The number of carbonyl (C=O) groups is 1. The maximum absolute atomic E-state index is 13.7. The number of ether oxygens (including phenoxy) is 2. The zero-order valence-corrected chi connectivity index (χ0v) is 23.2. The summed E-state index contributed by atoms with van der Waals surface area (Å²) in [5, 5.41) is 0.641. The van der Waals surface area contributed by atoms with E-state index in [0.717, 1.165) is 48.9 Å². The Balaban J connectivity index is 0.00000432. The van der Waals surface area contributed by atoms with Crippen LogP contribution in [0.5, 0.6) is 11.5 Å². The maximum atomic E-state index is 13.7. The highest BCUT2D eigenvalue weighted by Crippen LogP contribution is 2.40. The van der Waals surface area contributed by atoms with Crippen LogP contribution in [-0.4, -0.2) is 69.3 Å². The van der Waals surface area contributed by atoms with Gasteiger partial charge in [0.25, 0.3) is 5.91 Å². The molecule has 3 aromatic rings. The van der Waals surface area contributed by atoms with Crippen LogP contribution in [0.3, 0.4) is 0 Å². The second kappa shape index (κ2) is 13.5. The molecule has 0 spiro atoms. The van der Waals surface area contributed by atoms with Gasteiger partial charge in [-0.1, -0.05) is 25.2 Å². The predicted octanol–water partition coefficient (Wildman–Crippen LogP) is 5.57. The van der Waals surface area contributed by atoms with Crippen molar-refractivity contribution in [3.8, 4) is 11.5 Å². The fraction of sp³-hybridized carbons (Fsp3) is 0.462. The third-order valence-corrected chi connectivity index (χ3v) is 7.25. The monoisotopic (exact) mass is 520 g/mol. The molecule has 0 N–H and O–H groups in total. The van der Waals surface area contributed by atoms with E-state index in [4.69, 9.17) is 14.5 Å². The summed E-state index contributed by atoms with van der Waals surface area (Å²) in [6, 6.07) is 11.6. The van der Waals surface area contributed by atoms with E-state index in [2.05, 4.69) is 37.5 Å². The van der Waals surface area contributed by atoms with E-state index in [0.29, 0.717) is 28.5 Å². The third kappa shape index (κ3) is 6.37. The normalized spacial score (nSPS) is 10.8. The Hall–Kier alpha value is -2.55. The van der Waals surface area contributed by atoms with Crippen molar-refractivity contribution in [3.05, 3.63) is 42.0 Å². The van der Waals surface area contributed by atoms with E-state index in [-0.39, 0.29) is 18.3 Å². The molecule has 0 fully saturated rings. The van der Waals surface area contributed by atoms with Gasteiger partial charge in [-0.2, -0.15) is 0 Å². The number of hydrogen-bond acceptors (Lipinski definition) is 7. The fourth-order valence-corrected chi connectivity index (χ4v) is 5.11. The molecule has 3 rings (SSSR count). The van der Waals surface area contributed by atoms with E-state index in [9.17, 15) is 4.79 Å². The first kappa shape index (κ1) is 28.7. The molecule has 35 heavy (non-hydrogen) atoms. The SMILES string of the molecule is CCN(CC)CCN(C(=O)c1ccc(N(CC)CC)cc1)c1nc2c(OC)ccc(OC)c2s1.Cl. The van der Waals surface area contributed by atoms with Crippen LogP contribution in [0.25, 0.3) is 10.2 Å². The molecule has 9 heteroatoms. The van der Waals surface area contributed by atoms with Gasteiger partial charge in [-0.3, -0.25) is 9.69 Å². The standard InChI is InChI=1S/C26H36N4O3S.ClH/c1-7-28(8-2)17-18-30(25(31)19-11-13-20(14-12-19)29(9-3)10-4)26-27-23-21(32-5)15-16-22(33-6)24(23)34-26;/h11-16H,7-10,17-18H2,1-6H3;1H. The topological polar surface area (TPSA) is 58.1 Å². The van der Waals surface area contributed by atoms with Crippen LogP contribution in [0.1, 0.15) is 38.1 Å². The highest BCUT2D eigenvalue weighted by molar-refractivity contribution is 7.22. The van der Waals surface area contributed by atoms with Gasteiger partial charge in [0.15, 0.2) is 5.13 Å². The summed E-state index contributed by atoms with van der Waals surface area (Å²) < 4.78 is 12.0. The summed E-state index contributed by atoms with van der Waals surface area (Å²) >= 11 is 1.45. The quantitative estimate of drug-likeness (QED) is 0.311. The number of likely N-dealkylation sites (N-methyl/N-ethyl adjacent to an activating group) is 1. The number of anilines is 2. The van der Waals surface area contributed by atoms with Crippen LogP contribution in [0.15, 0.2) is 36.4 Å². The number of halogens is 1. The molecular formula is C26H37ClN4O3S. The lowest BCUT2D eigenvalue weighted by Crippen LogP contribution is -2.38. The molecule has 0 saturated carbocycles. The Labute approximate surface area is 219 Å². The van der Waals surface area contributed by atoms with E-state index < -0.39 is 0 Å². The van der Waals surface area contributed by atoms with E-state index in [1.807, 2.05) is 36.4 Å². The minimum Gasteiger partial charge on any atom is -0.495 e. The summed E-state index contributed by atoms with van der Waals surface area (Å²) in [5.74, 6) is 1.33. The molecule has 7 nitrogen and oxygen atoms in total. The zero-order chi connectivity index (χ0) is 24.7. The molecule has 0 aliphatic carbocycles. The first-order valence-corrected chi connectivity index (χ1v) is 12.7. The smallest absolute Gasteiger partial charge is 0.260 e. The number of carbonyl (C=O) groups excluding carboxylic acids is 1. The Morgan fingerprint density at radius 3 is 2.00 bits per heavy atom. The minimum absolute atomic E-state index is 0. The number of thiazole rings is 1. The summed E-state index contributed by atoms with van der Waals surface area (Å²) in [6.07, 6.45) is 0. The fourth-order valence-electron chi connectivity index (χ4n) is 4.01. The van der Waals surface area contributed by atoms with E-state index in [1.165, 1.54) is 11.3 Å². The summed E-state index contributed by atoms with van der Waals surface area (Å²) in [5.41, 5.74) is 2.47. The summed E-state index contributed by atoms with van der Waals surface area (Å²) in [6.45, 7) is 13.6. The third-order valence-electron chi connectivity index (χ3n) is 6.15. The van der Waals surface area contributed by atoms with Gasteiger partial charge in [-0.05, 0) is 63.3 Å². The second-order valence-corrected chi connectivity index (χ2v) is 8.82. The molecule has 0 aliphatic heterocycles. The number of benzene rings is 2. The highest BCUT2D eigenvalue weighted by atomic mass is 35.5. The lowest BCUT2D eigenvalue weighted by atomic mass is 10.1. The van der Waals surface area contributed by atoms with Crippen molar-refractivity contribution in [3.63, 3.8) is 0 Å². The second-order valence-electron chi connectivity index (χ2n) is 7.85. The van der Waals surface area contributed by atoms with Crippen molar-refractivity contribution < 1.29 is 14.3 Å². The first-order valence-electron chi connectivity index (χ1n) is 11.9. The largest absolute Gasteiger partial charge is 0.495 e. The van der Waals surface area contributed by atoms with Gasteiger partial charge in [-0.25, -0.2) is 4.98 Å². The average molecular weight is 521 g/mol. The maximum Gasteiger partial charge on any atom is 0.260 e. The summed E-state index contributed by atoms with van der Waals surface area (Å²) in [4.78, 5) is 24.9. The van der Waals surface area contributed by atoms with Crippen LogP contribution in [0.2, 0.25) is 0 Å². The Bertz CT molecular complexity index is 1040. The number of methoxy groups -OCH3 is 2. The zero-order valence-electron chi connectivity index (χ0n) is 21.5. The number of fused-ring (bicyclic) bond motifs is 1. The Morgan fingerprint density at radius 1 is 0.857 bits per heavy atom. The van der Waals surface area contributed by atoms with Crippen LogP contribution in [0, 0.1) is 0 Å². The number of aromatic nitrogens is 1. The molecule has 0 unspecified atom stereocenters. The van der Waals surface area contributed by atoms with Crippen molar-refractivity contribution in [1.82, 2.24) is 9.88 Å². The van der Waals surface area contributed by atoms with Crippen LogP contribution >= 0.6 is 23.7 Å². The molecule has 0 atom stereocenters. The summed E-state index contributed by atoms with van der Waals surface area (Å²) in [7, 11) is 3.27. The molecule has 0 bridgehead atoms. The predicted molar refractivity (Wildman–Crippen MR) is 149 cm³/mol.